The van der Waals surface area contributed by atoms with E-state index in [1.807, 2.05) is 31.2 Å². The van der Waals surface area contributed by atoms with Crippen LogP contribution in [0.2, 0.25) is 0 Å². The highest BCUT2D eigenvalue weighted by Gasteiger charge is 2.28. The van der Waals surface area contributed by atoms with Gasteiger partial charge in [0.2, 0.25) is 0 Å². The molecule has 0 aliphatic carbocycles. The number of nitrogens with two attached hydrogens (primary N) is 1. The predicted octanol–water partition coefficient (Wildman–Crippen LogP) is 2.34. The molecular formula is C14H17ClN2O2. The molecule has 1 unspecified atom stereocenters. The van der Waals surface area contributed by atoms with Gasteiger partial charge < -0.3 is 15.1 Å². The van der Waals surface area contributed by atoms with Crippen LogP contribution in [0.5, 0.6) is 0 Å². The molecule has 5 heteroatoms. The van der Waals surface area contributed by atoms with Crippen LogP contribution in [0.1, 0.15) is 22.5 Å². The minimum absolute atomic E-state index is 0. The average molecular weight is 281 g/mol. The van der Waals surface area contributed by atoms with E-state index in [1.54, 1.807) is 4.90 Å². The number of likely N-dealkylation sites (tertiary alicyclic amines) is 1. The molecule has 4 nitrogen and oxygen atoms in total. The zero-order valence-corrected chi connectivity index (χ0v) is 11.6. The van der Waals surface area contributed by atoms with Gasteiger partial charge in [0.25, 0.3) is 5.91 Å². The van der Waals surface area contributed by atoms with Gasteiger partial charge in [-0.3, -0.25) is 4.79 Å². The SMILES string of the molecule is Cc1c(C(=O)N2CCC(N)C2)oc2ccccc12.Cl. The maximum Gasteiger partial charge on any atom is 0.289 e. The molecule has 1 saturated heterocycles. The topological polar surface area (TPSA) is 59.5 Å². The van der Waals surface area contributed by atoms with Crippen LogP contribution < -0.4 is 5.73 Å². The Morgan fingerprint density at radius 2 is 2.16 bits per heavy atom. The van der Waals surface area contributed by atoms with Gasteiger partial charge in [-0.15, -0.1) is 12.4 Å². The Kier molecular flexibility index (Phi) is 3.83. The number of hydrogen-bond donors (Lipinski definition) is 1. The van der Waals surface area contributed by atoms with E-state index in [1.165, 1.54) is 0 Å². The largest absolute Gasteiger partial charge is 0.451 e. The third kappa shape index (κ3) is 2.33. The zero-order valence-electron chi connectivity index (χ0n) is 10.8. The number of benzene rings is 1. The number of fused-ring (bicyclic) bond motifs is 1. The third-order valence-corrected chi connectivity index (χ3v) is 3.55. The molecule has 2 N–H and O–H groups in total. The van der Waals surface area contributed by atoms with Gasteiger partial charge in [0, 0.05) is 30.1 Å². The molecule has 2 aromatic rings. The fraction of sp³-hybridized carbons (Fsp3) is 0.357. The maximum absolute atomic E-state index is 12.4. The van der Waals surface area contributed by atoms with E-state index in [2.05, 4.69) is 0 Å². The first-order valence-corrected chi connectivity index (χ1v) is 6.20. The van der Waals surface area contributed by atoms with Crippen LogP contribution in [0.15, 0.2) is 28.7 Å². The molecule has 19 heavy (non-hydrogen) atoms. The van der Waals surface area contributed by atoms with Crippen LogP contribution in [-0.4, -0.2) is 29.9 Å². The highest BCUT2D eigenvalue weighted by Crippen LogP contribution is 2.26. The Labute approximate surface area is 118 Å². The Morgan fingerprint density at radius 3 is 2.79 bits per heavy atom. The van der Waals surface area contributed by atoms with E-state index in [0.29, 0.717) is 12.3 Å². The molecule has 0 saturated carbocycles. The number of carbonyl (C=O) groups is 1. The van der Waals surface area contributed by atoms with Crippen LogP contribution in [-0.2, 0) is 0 Å². The number of carbonyl (C=O) groups excluding carboxylic acids is 1. The molecule has 102 valence electrons. The monoisotopic (exact) mass is 280 g/mol. The van der Waals surface area contributed by atoms with Crippen molar-refractivity contribution >= 4 is 29.3 Å². The zero-order chi connectivity index (χ0) is 12.7. The fourth-order valence-corrected chi connectivity index (χ4v) is 2.49. The van der Waals surface area contributed by atoms with Gasteiger partial charge in [0.15, 0.2) is 5.76 Å². The van der Waals surface area contributed by atoms with E-state index >= 15 is 0 Å². The number of rotatable bonds is 1. The fourth-order valence-electron chi connectivity index (χ4n) is 2.49. The number of para-hydroxylation sites is 1. The molecule has 0 spiro atoms. The minimum atomic E-state index is -0.0448. The number of furan rings is 1. The van der Waals surface area contributed by atoms with Crippen molar-refractivity contribution in [3.8, 4) is 0 Å². The molecular weight excluding hydrogens is 264 g/mol. The van der Waals surface area contributed by atoms with Gasteiger partial charge in [-0.25, -0.2) is 0 Å². The lowest BCUT2D eigenvalue weighted by Gasteiger charge is -2.14. The van der Waals surface area contributed by atoms with Gasteiger partial charge in [-0.2, -0.15) is 0 Å². The quantitative estimate of drug-likeness (QED) is 0.872. The Bertz CT molecular complexity index is 609. The summed E-state index contributed by atoms with van der Waals surface area (Å²) in [7, 11) is 0. The van der Waals surface area contributed by atoms with Gasteiger partial charge in [0.05, 0.1) is 0 Å². The van der Waals surface area contributed by atoms with Gasteiger partial charge in [-0.1, -0.05) is 18.2 Å². The maximum atomic E-state index is 12.4. The number of aryl methyl sites for hydroxylation is 1. The highest BCUT2D eigenvalue weighted by molar-refractivity contribution is 5.99. The van der Waals surface area contributed by atoms with E-state index in [-0.39, 0.29) is 24.4 Å². The minimum Gasteiger partial charge on any atom is -0.451 e. The van der Waals surface area contributed by atoms with Crippen molar-refractivity contribution in [3.05, 3.63) is 35.6 Å². The molecule has 1 atom stereocenters. The lowest BCUT2D eigenvalue weighted by Crippen LogP contribution is -2.31. The first-order valence-electron chi connectivity index (χ1n) is 6.20. The van der Waals surface area contributed by atoms with Crippen molar-refractivity contribution in [3.63, 3.8) is 0 Å². The summed E-state index contributed by atoms with van der Waals surface area (Å²) in [5.41, 5.74) is 7.51. The van der Waals surface area contributed by atoms with E-state index in [0.717, 1.165) is 29.5 Å². The first kappa shape index (κ1) is 13.9. The summed E-state index contributed by atoms with van der Waals surface area (Å²) in [6.07, 6.45) is 0.866. The normalized spacial score (nSPS) is 18.6. The highest BCUT2D eigenvalue weighted by atomic mass is 35.5. The second-order valence-corrected chi connectivity index (χ2v) is 4.85. The lowest BCUT2D eigenvalue weighted by atomic mass is 10.1. The number of hydrogen-bond acceptors (Lipinski definition) is 3. The lowest BCUT2D eigenvalue weighted by molar-refractivity contribution is 0.0760. The smallest absolute Gasteiger partial charge is 0.289 e. The van der Waals surface area contributed by atoms with E-state index in [9.17, 15) is 4.79 Å². The van der Waals surface area contributed by atoms with E-state index in [4.69, 9.17) is 10.2 Å². The molecule has 0 bridgehead atoms. The van der Waals surface area contributed by atoms with Crippen LogP contribution in [0.4, 0.5) is 0 Å². The summed E-state index contributed by atoms with van der Waals surface area (Å²) in [5, 5.41) is 1.00. The Morgan fingerprint density at radius 1 is 1.42 bits per heavy atom. The molecule has 3 rings (SSSR count). The van der Waals surface area contributed by atoms with Crippen LogP contribution in [0.3, 0.4) is 0 Å². The summed E-state index contributed by atoms with van der Waals surface area (Å²) in [4.78, 5) is 14.1. The molecule has 1 aromatic carbocycles. The average Bonchev–Trinajstić information content (AvgIpc) is 2.94. The van der Waals surface area contributed by atoms with Crippen molar-refractivity contribution in [1.29, 1.82) is 0 Å². The summed E-state index contributed by atoms with van der Waals surface area (Å²) in [5.74, 6) is 0.405. The van der Waals surface area contributed by atoms with Gasteiger partial charge in [-0.05, 0) is 19.4 Å². The van der Waals surface area contributed by atoms with Crippen LogP contribution in [0, 0.1) is 6.92 Å². The number of nitrogens with zero attached hydrogens (tertiary/aromatic N) is 1. The number of halogens is 1. The second kappa shape index (κ2) is 5.23. The van der Waals surface area contributed by atoms with Crippen LogP contribution >= 0.6 is 12.4 Å². The standard InChI is InChI=1S/C14H16N2O2.ClH/c1-9-11-4-2-3-5-12(11)18-13(9)14(17)16-7-6-10(15)8-16;/h2-5,10H,6-8,15H2,1H3;1H. The summed E-state index contributed by atoms with van der Waals surface area (Å²) < 4.78 is 5.68. The summed E-state index contributed by atoms with van der Waals surface area (Å²) >= 11 is 0. The molecule has 2 heterocycles. The molecule has 1 aromatic heterocycles. The number of amides is 1. The first-order chi connectivity index (χ1) is 8.66. The van der Waals surface area contributed by atoms with Gasteiger partial charge >= 0.3 is 0 Å². The summed E-state index contributed by atoms with van der Waals surface area (Å²) in [6.45, 7) is 3.26. The molecule has 1 aliphatic heterocycles. The van der Waals surface area contributed by atoms with Crippen molar-refractivity contribution in [2.45, 2.75) is 19.4 Å². The Balaban J connectivity index is 0.00000133. The van der Waals surface area contributed by atoms with E-state index < -0.39 is 0 Å². The molecule has 1 amide bonds. The van der Waals surface area contributed by atoms with Crippen molar-refractivity contribution in [1.82, 2.24) is 4.90 Å². The molecule has 1 fully saturated rings. The third-order valence-electron chi connectivity index (χ3n) is 3.55. The van der Waals surface area contributed by atoms with Crippen molar-refractivity contribution < 1.29 is 9.21 Å². The predicted molar refractivity (Wildman–Crippen MR) is 76.7 cm³/mol. The van der Waals surface area contributed by atoms with Crippen molar-refractivity contribution in [2.24, 2.45) is 5.73 Å². The van der Waals surface area contributed by atoms with Crippen LogP contribution in [0.25, 0.3) is 11.0 Å². The summed E-state index contributed by atoms with van der Waals surface area (Å²) in [6, 6.07) is 7.81. The second-order valence-electron chi connectivity index (χ2n) is 4.85. The Hall–Kier alpha value is -1.52. The molecule has 1 aliphatic rings. The van der Waals surface area contributed by atoms with Crippen molar-refractivity contribution in [2.75, 3.05) is 13.1 Å². The van der Waals surface area contributed by atoms with Gasteiger partial charge in [0.1, 0.15) is 5.58 Å². The molecule has 0 radical (unpaired) electrons.